The minimum atomic E-state index is -4.64. The minimum absolute atomic E-state index is 0.0951. The Bertz CT molecular complexity index is 726. The minimum Gasteiger partial charge on any atom is -0.352 e. The zero-order valence-electron chi connectivity index (χ0n) is 12.9. The Kier molecular flexibility index (Phi) is 5.37. The number of benzene rings is 1. The number of aromatic nitrogens is 2. The number of aryl methyl sites for hydroxylation is 1. The lowest BCUT2D eigenvalue weighted by Gasteiger charge is -2.15. The number of halogens is 4. The highest BCUT2D eigenvalue weighted by Crippen LogP contribution is 2.32. The summed E-state index contributed by atoms with van der Waals surface area (Å²) in [5.74, 6) is 0.0834. The van der Waals surface area contributed by atoms with Crippen LogP contribution < -0.4 is 10.6 Å². The van der Waals surface area contributed by atoms with Gasteiger partial charge in [0.05, 0.1) is 12.1 Å². The lowest BCUT2D eigenvalue weighted by atomic mass is 10.1. The molecule has 0 unspecified atom stereocenters. The molecule has 2 aromatic rings. The number of nitrogens with zero attached hydrogens (tertiary/aromatic N) is 3. The van der Waals surface area contributed by atoms with Crippen molar-refractivity contribution in [1.82, 2.24) is 20.8 Å². The smallest absolute Gasteiger partial charge is 0.352 e. The van der Waals surface area contributed by atoms with Gasteiger partial charge in [0.1, 0.15) is 5.82 Å². The predicted octanol–water partition coefficient (Wildman–Crippen LogP) is 2.40. The molecule has 2 rings (SSSR count). The van der Waals surface area contributed by atoms with Crippen molar-refractivity contribution in [3.05, 3.63) is 46.9 Å². The quantitative estimate of drug-likeness (QED) is 0.506. The maximum Gasteiger partial charge on any atom is 0.416 e. The summed E-state index contributed by atoms with van der Waals surface area (Å²) < 4.78 is 56.7. The van der Waals surface area contributed by atoms with Crippen molar-refractivity contribution in [2.75, 3.05) is 7.05 Å². The van der Waals surface area contributed by atoms with Crippen LogP contribution in [0.15, 0.2) is 27.7 Å². The fourth-order valence-electron chi connectivity index (χ4n) is 1.94. The van der Waals surface area contributed by atoms with Gasteiger partial charge in [0.25, 0.3) is 0 Å². The van der Waals surface area contributed by atoms with Gasteiger partial charge in [-0.3, -0.25) is 4.99 Å². The van der Waals surface area contributed by atoms with E-state index in [9.17, 15) is 17.6 Å². The van der Waals surface area contributed by atoms with E-state index in [1.54, 1.807) is 6.92 Å². The van der Waals surface area contributed by atoms with E-state index in [1.165, 1.54) is 7.05 Å². The van der Waals surface area contributed by atoms with Crippen molar-refractivity contribution in [3.8, 4) is 0 Å². The van der Waals surface area contributed by atoms with Crippen molar-refractivity contribution in [2.24, 2.45) is 4.99 Å². The van der Waals surface area contributed by atoms with Gasteiger partial charge in [0, 0.05) is 20.5 Å². The second-order valence-corrected chi connectivity index (χ2v) is 4.81. The molecule has 2 N–H and O–H groups in total. The molecule has 0 amide bonds. The lowest BCUT2D eigenvalue weighted by molar-refractivity contribution is -0.138. The van der Waals surface area contributed by atoms with E-state index in [0.29, 0.717) is 17.8 Å². The molecule has 6 nitrogen and oxygen atoms in total. The number of hydrogen-bond donors (Lipinski definition) is 2. The fourth-order valence-corrected chi connectivity index (χ4v) is 1.94. The van der Waals surface area contributed by atoms with Crippen LogP contribution in [0.2, 0.25) is 0 Å². The van der Waals surface area contributed by atoms with Crippen molar-refractivity contribution in [1.29, 1.82) is 0 Å². The number of hydrogen-bond acceptors (Lipinski definition) is 4. The number of nitrogens with one attached hydrogen (secondary N) is 2. The second-order valence-electron chi connectivity index (χ2n) is 4.81. The average molecular weight is 345 g/mol. The maximum atomic E-state index is 13.1. The Morgan fingerprint density at radius 1 is 1.25 bits per heavy atom. The second kappa shape index (κ2) is 7.28. The highest BCUT2D eigenvalue weighted by molar-refractivity contribution is 5.79. The molecule has 0 aliphatic rings. The summed E-state index contributed by atoms with van der Waals surface area (Å²) in [5, 5.41) is 9.24. The van der Waals surface area contributed by atoms with Crippen LogP contribution in [0.25, 0.3) is 0 Å². The monoisotopic (exact) mass is 345 g/mol. The van der Waals surface area contributed by atoms with Crippen molar-refractivity contribution in [2.45, 2.75) is 26.2 Å². The number of guanidine groups is 1. The SMILES string of the molecule is CN=C(NCc1noc(C)n1)NCc1ccc(F)cc1C(F)(F)F. The van der Waals surface area contributed by atoms with Crippen LogP contribution in [0.4, 0.5) is 17.6 Å². The van der Waals surface area contributed by atoms with Crippen LogP contribution in [0.5, 0.6) is 0 Å². The Balaban J connectivity index is 2.01. The van der Waals surface area contributed by atoms with E-state index >= 15 is 0 Å². The molecule has 0 bridgehead atoms. The van der Waals surface area contributed by atoms with Crippen molar-refractivity contribution >= 4 is 5.96 Å². The van der Waals surface area contributed by atoms with E-state index in [-0.39, 0.29) is 24.6 Å². The van der Waals surface area contributed by atoms with Gasteiger partial charge < -0.3 is 15.2 Å². The Labute approximate surface area is 135 Å². The molecule has 0 spiro atoms. The highest BCUT2D eigenvalue weighted by atomic mass is 19.4. The Hall–Kier alpha value is -2.65. The van der Waals surface area contributed by atoms with E-state index in [2.05, 4.69) is 25.8 Å². The molecular formula is C14H15F4N5O. The molecule has 0 aliphatic carbocycles. The molecule has 0 radical (unpaired) electrons. The Morgan fingerprint density at radius 3 is 2.54 bits per heavy atom. The molecule has 0 saturated carbocycles. The summed E-state index contributed by atoms with van der Waals surface area (Å²) in [5.41, 5.74) is -1.12. The van der Waals surface area contributed by atoms with Crippen molar-refractivity contribution < 1.29 is 22.1 Å². The molecule has 0 aliphatic heterocycles. The molecular weight excluding hydrogens is 330 g/mol. The van der Waals surface area contributed by atoms with Gasteiger partial charge in [-0.1, -0.05) is 11.2 Å². The van der Waals surface area contributed by atoms with Crippen molar-refractivity contribution in [3.63, 3.8) is 0 Å². The van der Waals surface area contributed by atoms with Gasteiger partial charge >= 0.3 is 6.18 Å². The summed E-state index contributed by atoms with van der Waals surface area (Å²) in [6.07, 6.45) is -4.64. The summed E-state index contributed by atoms with van der Waals surface area (Å²) in [7, 11) is 1.46. The first-order chi connectivity index (χ1) is 11.3. The summed E-state index contributed by atoms with van der Waals surface area (Å²) in [6.45, 7) is 1.64. The van der Waals surface area contributed by atoms with Crippen LogP contribution in [0.3, 0.4) is 0 Å². The average Bonchev–Trinajstić information content (AvgIpc) is 2.93. The van der Waals surface area contributed by atoms with E-state index in [4.69, 9.17) is 4.52 Å². The molecule has 130 valence electrons. The van der Waals surface area contributed by atoms with Crippen LogP contribution in [-0.2, 0) is 19.3 Å². The van der Waals surface area contributed by atoms with Gasteiger partial charge in [-0.05, 0) is 17.7 Å². The normalized spacial score (nSPS) is 12.3. The number of alkyl halides is 3. The van der Waals surface area contributed by atoms with Gasteiger partial charge in [-0.15, -0.1) is 0 Å². The van der Waals surface area contributed by atoms with Gasteiger partial charge in [0.15, 0.2) is 11.8 Å². The molecule has 0 fully saturated rings. The zero-order valence-corrected chi connectivity index (χ0v) is 12.9. The first kappa shape index (κ1) is 17.7. The zero-order chi connectivity index (χ0) is 17.7. The Morgan fingerprint density at radius 2 is 1.96 bits per heavy atom. The molecule has 0 saturated heterocycles. The van der Waals surface area contributed by atoms with Crippen LogP contribution in [0.1, 0.15) is 22.8 Å². The topological polar surface area (TPSA) is 75.3 Å². The lowest BCUT2D eigenvalue weighted by Crippen LogP contribution is -2.37. The maximum absolute atomic E-state index is 13.1. The molecule has 10 heteroatoms. The van der Waals surface area contributed by atoms with Crippen LogP contribution in [0, 0.1) is 12.7 Å². The third-order valence-electron chi connectivity index (χ3n) is 3.03. The number of rotatable bonds is 4. The largest absolute Gasteiger partial charge is 0.416 e. The molecule has 24 heavy (non-hydrogen) atoms. The third kappa shape index (κ3) is 4.67. The van der Waals surface area contributed by atoms with E-state index < -0.39 is 17.6 Å². The van der Waals surface area contributed by atoms with Gasteiger partial charge in [-0.2, -0.15) is 18.2 Å². The molecule has 1 heterocycles. The first-order valence-electron chi connectivity index (χ1n) is 6.89. The van der Waals surface area contributed by atoms with Gasteiger partial charge in [-0.25, -0.2) is 4.39 Å². The fraction of sp³-hybridized carbons (Fsp3) is 0.357. The summed E-state index contributed by atoms with van der Waals surface area (Å²) >= 11 is 0. The molecule has 0 atom stereocenters. The summed E-state index contributed by atoms with van der Waals surface area (Å²) in [4.78, 5) is 7.87. The standard InChI is InChI=1S/C14H15F4N5O/c1-8-22-12(23-24-8)7-21-13(19-2)20-6-9-3-4-10(15)5-11(9)14(16,17)18/h3-5H,6-7H2,1-2H3,(H2,19,20,21). The number of aliphatic imine (C=N–C) groups is 1. The first-order valence-corrected chi connectivity index (χ1v) is 6.89. The predicted molar refractivity (Wildman–Crippen MR) is 77.5 cm³/mol. The van der Waals surface area contributed by atoms with E-state index in [1.807, 2.05) is 0 Å². The van der Waals surface area contributed by atoms with E-state index in [0.717, 1.165) is 12.1 Å². The third-order valence-corrected chi connectivity index (χ3v) is 3.03. The van der Waals surface area contributed by atoms with Crippen LogP contribution in [-0.4, -0.2) is 23.1 Å². The summed E-state index contributed by atoms with van der Waals surface area (Å²) in [6, 6.07) is 2.53. The highest BCUT2D eigenvalue weighted by Gasteiger charge is 2.33. The molecule has 1 aromatic carbocycles. The van der Waals surface area contributed by atoms with Gasteiger partial charge in [0.2, 0.25) is 5.89 Å². The van der Waals surface area contributed by atoms with Crippen LogP contribution >= 0.6 is 0 Å². The molecule has 1 aromatic heterocycles.